The summed E-state index contributed by atoms with van der Waals surface area (Å²) < 4.78 is 10.5. The highest BCUT2D eigenvalue weighted by molar-refractivity contribution is 6.38. The maximum Gasteiger partial charge on any atom is 0.358 e. The Kier molecular flexibility index (Phi) is 9.28. The average molecular weight is 259 g/mol. The Labute approximate surface area is 109 Å². The lowest BCUT2D eigenvalue weighted by Crippen LogP contribution is -2.37. The van der Waals surface area contributed by atoms with Crippen molar-refractivity contribution in [3.05, 3.63) is 0 Å². The number of ether oxygens (including phenoxy) is 2. The van der Waals surface area contributed by atoms with Crippen molar-refractivity contribution >= 4 is 11.7 Å². The van der Waals surface area contributed by atoms with E-state index in [1.807, 2.05) is 13.8 Å². The molecule has 5 nitrogen and oxygen atoms in total. The highest BCUT2D eigenvalue weighted by Crippen LogP contribution is 2.11. The van der Waals surface area contributed by atoms with Crippen LogP contribution in [0.3, 0.4) is 0 Å². The van der Waals surface area contributed by atoms with Gasteiger partial charge in [0.25, 0.3) is 0 Å². The number of unbranched alkanes of at least 4 members (excludes halogenated alkanes) is 2. The van der Waals surface area contributed by atoms with Crippen LogP contribution in [0.1, 0.15) is 47.0 Å². The summed E-state index contributed by atoms with van der Waals surface area (Å²) in [5, 5.41) is 12.0. The molecule has 106 valence electrons. The molecule has 0 aromatic rings. The Hall–Kier alpha value is -1.10. The van der Waals surface area contributed by atoms with E-state index in [0.717, 1.165) is 19.3 Å². The molecule has 0 aromatic heterocycles. The molecule has 0 heterocycles. The van der Waals surface area contributed by atoms with Crippen LogP contribution in [0.2, 0.25) is 0 Å². The Morgan fingerprint density at radius 1 is 1.28 bits per heavy atom. The number of oxime groups is 1. The summed E-state index contributed by atoms with van der Waals surface area (Å²) in [4.78, 5) is 11.6. The monoisotopic (exact) mass is 259 g/mol. The minimum atomic E-state index is -0.616. The number of carbonyl (C=O) groups excluding carboxylic acids is 1. The molecule has 1 unspecified atom stereocenters. The van der Waals surface area contributed by atoms with Crippen molar-refractivity contribution in [1.29, 1.82) is 0 Å². The summed E-state index contributed by atoms with van der Waals surface area (Å²) in [6, 6.07) is 0. The van der Waals surface area contributed by atoms with E-state index < -0.39 is 12.1 Å². The first-order chi connectivity index (χ1) is 8.58. The number of hydrogen-bond donors (Lipinski definition) is 1. The van der Waals surface area contributed by atoms with Gasteiger partial charge in [0.05, 0.1) is 6.61 Å². The fraction of sp³-hybridized carbons (Fsp3) is 0.846. The third-order valence-corrected chi connectivity index (χ3v) is 2.51. The van der Waals surface area contributed by atoms with Gasteiger partial charge in [-0.1, -0.05) is 38.8 Å². The van der Waals surface area contributed by atoms with Gasteiger partial charge in [0.2, 0.25) is 0 Å². The smallest absolute Gasteiger partial charge is 0.358 e. The molecule has 1 N–H and O–H groups in total. The molecule has 0 saturated heterocycles. The van der Waals surface area contributed by atoms with Crippen LogP contribution in [-0.2, 0) is 14.3 Å². The first-order valence-electron chi connectivity index (χ1n) is 6.59. The van der Waals surface area contributed by atoms with Gasteiger partial charge in [0.1, 0.15) is 6.10 Å². The van der Waals surface area contributed by atoms with Crippen LogP contribution in [0.25, 0.3) is 0 Å². The van der Waals surface area contributed by atoms with Crippen molar-refractivity contribution in [2.75, 3.05) is 13.2 Å². The summed E-state index contributed by atoms with van der Waals surface area (Å²) in [5.74, 6) is -0.573. The zero-order chi connectivity index (χ0) is 14.0. The van der Waals surface area contributed by atoms with E-state index >= 15 is 0 Å². The topological polar surface area (TPSA) is 68.1 Å². The number of rotatable bonds is 9. The third-order valence-electron chi connectivity index (χ3n) is 2.51. The number of nitrogens with zero attached hydrogens (tertiary/aromatic N) is 1. The largest absolute Gasteiger partial charge is 0.461 e. The second-order valence-electron chi connectivity index (χ2n) is 4.45. The van der Waals surface area contributed by atoms with Crippen molar-refractivity contribution in [2.24, 2.45) is 11.1 Å². The Morgan fingerprint density at radius 2 is 1.94 bits per heavy atom. The molecule has 0 radical (unpaired) electrons. The second kappa shape index (κ2) is 9.88. The van der Waals surface area contributed by atoms with E-state index in [2.05, 4.69) is 12.1 Å². The molecule has 0 aromatic carbocycles. The van der Waals surface area contributed by atoms with Crippen LogP contribution >= 0.6 is 0 Å². The minimum Gasteiger partial charge on any atom is -0.461 e. The van der Waals surface area contributed by atoms with Crippen molar-refractivity contribution in [1.82, 2.24) is 0 Å². The lowest BCUT2D eigenvalue weighted by atomic mass is 10.0. The van der Waals surface area contributed by atoms with Crippen LogP contribution < -0.4 is 0 Å². The Morgan fingerprint density at radius 3 is 2.39 bits per heavy atom. The van der Waals surface area contributed by atoms with Crippen molar-refractivity contribution < 1.29 is 19.5 Å². The highest BCUT2D eigenvalue weighted by atomic mass is 16.5. The van der Waals surface area contributed by atoms with Crippen molar-refractivity contribution in [3.63, 3.8) is 0 Å². The molecular weight excluding hydrogens is 234 g/mol. The second-order valence-corrected chi connectivity index (χ2v) is 4.45. The van der Waals surface area contributed by atoms with Gasteiger partial charge < -0.3 is 14.7 Å². The van der Waals surface area contributed by atoms with Crippen LogP contribution in [0.4, 0.5) is 0 Å². The maximum atomic E-state index is 11.6. The zero-order valence-electron chi connectivity index (χ0n) is 11.8. The molecule has 18 heavy (non-hydrogen) atoms. The predicted octanol–water partition coefficient (Wildman–Crippen LogP) is 2.61. The van der Waals surface area contributed by atoms with Gasteiger partial charge in [0, 0.05) is 6.61 Å². The normalized spacial score (nSPS) is 13.7. The quantitative estimate of drug-likeness (QED) is 0.227. The molecule has 5 heteroatoms. The summed E-state index contributed by atoms with van der Waals surface area (Å²) in [6.45, 7) is 8.44. The molecule has 0 fully saturated rings. The Bertz CT molecular complexity index is 264. The lowest BCUT2D eigenvalue weighted by molar-refractivity contribution is -0.136. The van der Waals surface area contributed by atoms with Gasteiger partial charge in [-0.3, -0.25) is 0 Å². The van der Waals surface area contributed by atoms with E-state index in [0.29, 0.717) is 6.61 Å². The zero-order valence-corrected chi connectivity index (χ0v) is 11.8. The SMILES string of the molecule is CCCCCOC(C(=NO)C(=O)OCC)C(C)C. The van der Waals surface area contributed by atoms with E-state index in [1.165, 1.54) is 0 Å². The van der Waals surface area contributed by atoms with Crippen LogP contribution in [-0.4, -0.2) is 36.2 Å². The molecule has 0 spiro atoms. The number of hydrogen-bond acceptors (Lipinski definition) is 5. The molecule has 0 bridgehead atoms. The molecule has 0 aliphatic heterocycles. The number of carbonyl (C=O) groups is 1. The van der Waals surface area contributed by atoms with Gasteiger partial charge in [-0.15, -0.1) is 0 Å². The molecule has 0 amide bonds. The van der Waals surface area contributed by atoms with Crippen LogP contribution in [0.5, 0.6) is 0 Å². The molecule has 0 rings (SSSR count). The van der Waals surface area contributed by atoms with E-state index in [4.69, 9.17) is 14.7 Å². The van der Waals surface area contributed by atoms with E-state index in [9.17, 15) is 4.79 Å². The van der Waals surface area contributed by atoms with Gasteiger partial charge >= 0.3 is 5.97 Å². The van der Waals surface area contributed by atoms with Crippen molar-refractivity contribution in [3.8, 4) is 0 Å². The maximum absolute atomic E-state index is 11.6. The lowest BCUT2D eigenvalue weighted by Gasteiger charge is -2.21. The predicted molar refractivity (Wildman–Crippen MR) is 70.0 cm³/mol. The van der Waals surface area contributed by atoms with Gasteiger partial charge in [-0.05, 0) is 19.3 Å². The number of esters is 1. The fourth-order valence-electron chi connectivity index (χ4n) is 1.57. The van der Waals surface area contributed by atoms with Crippen LogP contribution in [0.15, 0.2) is 5.16 Å². The Balaban J connectivity index is 4.50. The summed E-state index contributed by atoms with van der Waals surface area (Å²) in [6.07, 6.45) is 2.59. The first kappa shape index (κ1) is 16.9. The fourth-order valence-corrected chi connectivity index (χ4v) is 1.57. The summed E-state index contributed by atoms with van der Waals surface area (Å²) in [7, 11) is 0. The van der Waals surface area contributed by atoms with E-state index in [1.54, 1.807) is 6.92 Å². The summed E-state index contributed by atoms with van der Waals surface area (Å²) in [5.41, 5.74) is -0.0525. The van der Waals surface area contributed by atoms with Crippen molar-refractivity contribution in [2.45, 2.75) is 53.1 Å². The average Bonchev–Trinajstić information content (AvgIpc) is 2.33. The first-order valence-corrected chi connectivity index (χ1v) is 6.59. The highest BCUT2D eigenvalue weighted by Gasteiger charge is 2.28. The minimum absolute atomic E-state index is 0.0435. The molecular formula is C13H25NO4. The summed E-state index contributed by atoms with van der Waals surface area (Å²) >= 11 is 0. The van der Waals surface area contributed by atoms with E-state index in [-0.39, 0.29) is 18.2 Å². The molecule has 1 atom stereocenters. The van der Waals surface area contributed by atoms with Gasteiger partial charge in [0.15, 0.2) is 5.71 Å². The third kappa shape index (κ3) is 6.00. The standard InChI is InChI=1S/C13H25NO4/c1-5-7-8-9-18-12(10(3)4)11(14-16)13(15)17-6-2/h10,12,16H,5-9H2,1-4H3. The molecule has 0 aliphatic rings. The van der Waals surface area contributed by atoms with Crippen LogP contribution in [0, 0.1) is 5.92 Å². The molecule has 0 aliphatic carbocycles. The molecule has 0 saturated carbocycles. The van der Waals surface area contributed by atoms with Gasteiger partial charge in [-0.25, -0.2) is 4.79 Å². The van der Waals surface area contributed by atoms with Gasteiger partial charge in [-0.2, -0.15) is 0 Å².